The SMILES string of the molecule is NC(=O)c1ccc2c(Br)c(O)ccc2c1. The number of aromatic hydroxyl groups is 1. The van der Waals surface area contributed by atoms with E-state index < -0.39 is 5.91 Å². The molecule has 0 unspecified atom stereocenters. The second kappa shape index (κ2) is 3.55. The standard InChI is InChI=1S/C11H8BrNO2/c12-10-8-3-1-7(11(13)15)5-6(8)2-4-9(10)14/h1-5,14H,(H2,13,15). The van der Waals surface area contributed by atoms with Crippen LogP contribution < -0.4 is 5.73 Å². The fourth-order valence-corrected chi connectivity index (χ4v) is 1.93. The Morgan fingerprint density at radius 1 is 1.27 bits per heavy atom. The number of phenolic OH excluding ortho intramolecular Hbond substituents is 1. The highest BCUT2D eigenvalue weighted by Crippen LogP contribution is 2.32. The summed E-state index contributed by atoms with van der Waals surface area (Å²) >= 11 is 3.28. The molecule has 4 heteroatoms. The first kappa shape index (κ1) is 9.98. The first-order chi connectivity index (χ1) is 7.09. The summed E-state index contributed by atoms with van der Waals surface area (Å²) in [5.74, 6) is -0.282. The lowest BCUT2D eigenvalue weighted by atomic mass is 10.1. The molecule has 0 aromatic heterocycles. The van der Waals surface area contributed by atoms with Gasteiger partial charge in [-0.15, -0.1) is 0 Å². The van der Waals surface area contributed by atoms with E-state index in [4.69, 9.17) is 5.73 Å². The van der Waals surface area contributed by atoms with Crippen LogP contribution in [0.4, 0.5) is 0 Å². The van der Waals surface area contributed by atoms with Crippen LogP contribution in [-0.2, 0) is 0 Å². The smallest absolute Gasteiger partial charge is 0.248 e. The van der Waals surface area contributed by atoms with Crippen LogP contribution in [0.25, 0.3) is 10.8 Å². The van der Waals surface area contributed by atoms with Gasteiger partial charge in [-0.1, -0.05) is 12.1 Å². The minimum absolute atomic E-state index is 0.175. The average molecular weight is 266 g/mol. The predicted octanol–water partition coefficient (Wildman–Crippen LogP) is 2.41. The molecule has 0 aliphatic heterocycles. The Morgan fingerprint density at radius 3 is 2.67 bits per heavy atom. The number of carbonyl (C=O) groups is 1. The van der Waals surface area contributed by atoms with E-state index in [1.807, 2.05) is 0 Å². The van der Waals surface area contributed by atoms with Gasteiger partial charge in [-0.05, 0) is 44.9 Å². The second-order valence-corrected chi connectivity index (χ2v) is 3.99. The van der Waals surface area contributed by atoms with Crippen molar-refractivity contribution < 1.29 is 9.90 Å². The van der Waals surface area contributed by atoms with Crippen molar-refractivity contribution in [1.82, 2.24) is 0 Å². The number of amides is 1. The fraction of sp³-hybridized carbons (Fsp3) is 0. The number of carbonyl (C=O) groups excluding carboxylic acids is 1. The lowest BCUT2D eigenvalue weighted by molar-refractivity contribution is 0.100. The first-order valence-corrected chi connectivity index (χ1v) is 5.10. The summed E-state index contributed by atoms with van der Waals surface area (Å²) in [4.78, 5) is 11.0. The molecule has 0 heterocycles. The third-order valence-corrected chi connectivity index (χ3v) is 3.05. The molecule has 0 spiro atoms. The number of primary amides is 1. The second-order valence-electron chi connectivity index (χ2n) is 3.20. The molecular weight excluding hydrogens is 258 g/mol. The number of halogens is 1. The summed E-state index contributed by atoms with van der Waals surface area (Å²) in [6.07, 6.45) is 0. The summed E-state index contributed by atoms with van der Waals surface area (Å²) in [7, 11) is 0. The lowest BCUT2D eigenvalue weighted by Gasteiger charge is -2.04. The summed E-state index contributed by atoms with van der Waals surface area (Å²) in [6.45, 7) is 0. The van der Waals surface area contributed by atoms with Gasteiger partial charge in [-0.3, -0.25) is 4.79 Å². The van der Waals surface area contributed by atoms with Crippen molar-refractivity contribution in [2.75, 3.05) is 0 Å². The summed E-state index contributed by atoms with van der Waals surface area (Å²) in [5, 5.41) is 11.2. The minimum Gasteiger partial charge on any atom is -0.507 e. The van der Waals surface area contributed by atoms with Crippen molar-refractivity contribution in [2.45, 2.75) is 0 Å². The van der Waals surface area contributed by atoms with Crippen molar-refractivity contribution in [3.8, 4) is 5.75 Å². The summed E-state index contributed by atoms with van der Waals surface area (Å²) < 4.78 is 0.621. The van der Waals surface area contributed by atoms with E-state index >= 15 is 0 Å². The Hall–Kier alpha value is -1.55. The van der Waals surface area contributed by atoms with Crippen LogP contribution in [0.1, 0.15) is 10.4 Å². The van der Waals surface area contributed by atoms with Gasteiger partial charge in [-0.2, -0.15) is 0 Å². The van der Waals surface area contributed by atoms with Crippen molar-refractivity contribution >= 4 is 32.6 Å². The zero-order valence-corrected chi connectivity index (χ0v) is 9.28. The molecule has 0 saturated carbocycles. The Kier molecular flexibility index (Phi) is 2.36. The topological polar surface area (TPSA) is 63.3 Å². The molecule has 2 aromatic rings. The Labute approximate surface area is 94.6 Å². The number of rotatable bonds is 1. The molecule has 3 nitrogen and oxygen atoms in total. The highest BCUT2D eigenvalue weighted by atomic mass is 79.9. The maximum absolute atomic E-state index is 11.0. The van der Waals surface area contributed by atoms with Gasteiger partial charge in [0, 0.05) is 5.56 Å². The third kappa shape index (κ3) is 1.68. The molecule has 0 bridgehead atoms. The van der Waals surface area contributed by atoms with Gasteiger partial charge >= 0.3 is 0 Å². The third-order valence-electron chi connectivity index (χ3n) is 2.22. The first-order valence-electron chi connectivity index (χ1n) is 4.30. The zero-order chi connectivity index (χ0) is 11.0. The van der Waals surface area contributed by atoms with E-state index in [2.05, 4.69) is 15.9 Å². The van der Waals surface area contributed by atoms with Gasteiger partial charge in [0.05, 0.1) is 4.47 Å². The molecule has 0 radical (unpaired) electrons. The van der Waals surface area contributed by atoms with E-state index in [1.54, 1.807) is 30.3 Å². The lowest BCUT2D eigenvalue weighted by Crippen LogP contribution is -2.10. The number of benzene rings is 2. The molecule has 15 heavy (non-hydrogen) atoms. The summed E-state index contributed by atoms with van der Waals surface area (Å²) in [5.41, 5.74) is 5.63. The van der Waals surface area contributed by atoms with E-state index in [9.17, 15) is 9.90 Å². The maximum atomic E-state index is 11.0. The Balaban J connectivity index is 2.75. The highest BCUT2D eigenvalue weighted by molar-refractivity contribution is 9.10. The van der Waals surface area contributed by atoms with E-state index in [-0.39, 0.29) is 5.75 Å². The van der Waals surface area contributed by atoms with Crippen molar-refractivity contribution in [1.29, 1.82) is 0 Å². The highest BCUT2D eigenvalue weighted by Gasteiger charge is 2.06. The molecule has 3 N–H and O–H groups in total. The van der Waals surface area contributed by atoms with E-state index in [1.165, 1.54) is 0 Å². The fourth-order valence-electron chi connectivity index (χ4n) is 1.43. The monoisotopic (exact) mass is 265 g/mol. The number of hydrogen-bond donors (Lipinski definition) is 2. The maximum Gasteiger partial charge on any atom is 0.248 e. The molecule has 2 aromatic carbocycles. The molecule has 1 amide bonds. The number of nitrogens with two attached hydrogens (primary N) is 1. The van der Waals surface area contributed by atoms with E-state index in [0.717, 1.165) is 10.8 Å². The van der Waals surface area contributed by atoms with Gasteiger partial charge in [-0.25, -0.2) is 0 Å². The van der Waals surface area contributed by atoms with Crippen LogP contribution in [0.15, 0.2) is 34.8 Å². The molecule has 0 fully saturated rings. The largest absolute Gasteiger partial charge is 0.507 e. The van der Waals surface area contributed by atoms with Crippen LogP contribution in [0.3, 0.4) is 0 Å². The molecule has 76 valence electrons. The molecule has 0 atom stereocenters. The van der Waals surface area contributed by atoms with Crippen LogP contribution in [0.2, 0.25) is 0 Å². The summed E-state index contributed by atoms with van der Waals surface area (Å²) in [6, 6.07) is 8.38. The van der Waals surface area contributed by atoms with Crippen LogP contribution in [-0.4, -0.2) is 11.0 Å². The number of phenols is 1. The van der Waals surface area contributed by atoms with Crippen molar-refractivity contribution in [3.05, 3.63) is 40.4 Å². The molecule has 0 saturated heterocycles. The Morgan fingerprint density at radius 2 is 2.00 bits per heavy atom. The quantitative estimate of drug-likeness (QED) is 0.832. The number of hydrogen-bond acceptors (Lipinski definition) is 2. The molecule has 0 aliphatic rings. The van der Waals surface area contributed by atoms with Gasteiger partial charge < -0.3 is 10.8 Å². The molecule has 2 rings (SSSR count). The normalized spacial score (nSPS) is 10.5. The van der Waals surface area contributed by atoms with Gasteiger partial charge in [0.15, 0.2) is 0 Å². The molecule has 0 aliphatic carbocycles. The predicted molar refractivity (Wildman–Crippen MR) is 61.8 cm³/mol. The zero-order valence-electron chi connectivity index (χ0n) is 7.70. The van der Waals surface area contributed by atoms with Gasteiger partial charge in [0.1, 0.15) is 5.75 Å². The van der Waals surface area contributed by atoms with Crippen molar-refractivity contribution in [2.24, 2.45) is 5.73 Å². The van der Waals surface area contributed by atoms with Crippen LogP contribution in [0.5, 0.6) is 5.75 Å². The van der Waals surface area contributed by atoms with Gasteiger partial charge in [0.2, 0.25) is 5.91 Å². The average Bonchev–Trinajstić information content (AvgIpc) is 2.23. The molecular formula is C11H8BrNO2. The van der Waals surface area contributed by atoms with E-state index in [0.29, 0.717) is 10.0 Å². The van der Waals surface area contributed by atoms with Gasteiger partial charge in [0.25, 0.3) is 0 Å². The van der Waals surface area contributed by atoms with Crippen molar-refractivity contribution in [3.63, 3.8) is 0 Å². The van der Waals surface area contributed by atoms with Crippen LogP contribution in [0, 0.1) is 0 Å². The Bertz CT molecular complexity index is 552. The minimum atomic E-state index is -0.457. The van der Waals surface area contributed by atoms with Crippen LogP contribution >= 0.6 is 15.9 Å². The number of fused-ring (bicyclic) bond motifs is 1.